The van der Waals surface area contributed by atoms with Crippen LogP contribution < -0.4 is 5.73 Å². The summed E-state index contributed by atoms with van der Waals surface area (Å²) in [5, 5.41) is 20.9. The number of carboxylic acids is 1. The summed E-state index contributed by atoms with van der Waals surface area (Å²) in [6.45, 7) is 0. The van der Waals surface area contributed by atoms with E-state index in [1.165, 1.54) is 11.5 Å². The fourth-order valence-corrected chi connectivity index (χ4v) is 2.22. The number of benzene rings is 1. The molecule has 104 valence electrons. The van der Waals surface area contributed by atoms with E-state index in [0.29, 0.717) is 22.8 Å². The molecule has 8 heteroatoms. The number of carboxylic acid groups (broad SMARTS) is 1. The Balaban J connectivity index is 2.21. The van der Waals surface area contributed by atoms with Crippen molar-refractivity contribution in [3.63, 3.8) is 0 Å². The lowest BCUT2D eigenvalue weighted by atomic mass is 10.1. The van der Waals surface area contributed by atoms with Crippen molar-refractivity contribution in [3.8, 4) is 11.4 Å². The summed E-state index contributed by atoms with van der Waals surface area (Å²) >= 11 is 1.17. The van der Waals surface area contributed by atoms with Crippen molar-refractivity contribution in [2.45, 2.75) is 12.8 Å². The molecule has 20 heavy (non-hydrogen) atoms. The maximum absolute atomic E-state index is 10.5. The second kappa shape index (κ2) is 6.11. The van der Waals surface area contributed by atoms with Crippen LogP contribution in [0.5, 0.6) is 0 Å². The number of aliphatic carboxylic acids is 1. The smallest absolute Gasteiger partial charge is 0.303 e. The number of aromatic nitrogens is 2. The maximum Gasteiger partial charge on any atom is 0.303 e. The normalized spacial score (nSPS) is 11.5. The van der Waals surface area contributed by atoms with E-state index in [4.69, 9.17) is 16.0 Å². The van der Waals surface area contributed by atoms with Crippen molar-refractivity contribution in [2.24, 2.45) is 10.9 Å². The third-order valence-corrected chi connectivity index (χ3v) is 3.32. The molecule has 0 amide bonds. The van der Waals surface area contributed by atoms with Gasteiger partial charge in [0.05, 0.1) is 6.42 Å². The predicted octanol–water partition coefficient (Wildman–Crippen LogP) is 1.32. The first kappa shape index (κ1) is 13.9. The van der Waals surface area contributed by atoms with Gasteiger partial charge in [-0.05, 0) is 17.6 Å². The summed E-state index contributed by atoms with van der Waals surface area (Å²) in [4.78, 5) is 14.8. The Bertz CT molecular complexity index is 654. The topological polar surface area (TPSA) is 122 Å². The first-order valence-corrected chi connectivity index (χ1v) is 6.50. The Morgan fingerprint density at radius 2 is 2.25 bits per heavy atom. The third-order valence-electron chi connectivity index (χ3n) is 2.55. The SMILES string of the molecule is N/C(=N\O)c1cccc(-c2nsc(CCC(=O)O)n2)c1. The van der Waals surface area contributed by atoms with Gasteiger partial charge >= 0.3 is 5.97 Å². The minimum Gasteiger partial charge on any atom is -0.481 e. The molecule has 0 spiro atoms. The van der Waals surface area contributed by atoms with E-state index >= 15 is 0 Å². The van der Waals surface area contributed by atoms with E-state index < -0.39 is 5.97 Å². The molecule has 0 radical (unpaired) electrons. The molecule has 1 aromatic carbocycles. The van der Waals surface area contributed by atoms with Gasteiger partial charge in [-0.2, -0.15) is 4.37 Å². The minimum atomic E-state index is -0.865. The lowest BCUT2D eigenvalue weighted by molar-refractivity contribution is -0.136. The van der Waals surface area contributed by atoms with Crippen molar-refractivity contribution < 1.29 is 15.1 Å². The van der Waals surface area contributed by atoms with Crippen molar-refractivity contribution in [2.75, 3.05) is 0 Å². The molecule has 2 rings (SSSR count). The number of aryl methyl sites for hydroxylation is 1. The monoisotopic (exact) mass is 292 g/mol. The molecule has 0 saturated carbocycles. The maximum atomic E-state index is 10.5. The lowest BCUT2D eigenvalue weighted by Crippen LogP contribution is -2.12. The van der Waals surface area contributed by atoms with Crippen molar-refractivity contribution >= 4 is 23.3 Å². The van der Waals surface area contributed by atoms with Crippen LogP contribution in [-0.4, -0.2) is 31.5 Å². The van der Waals surface area contributed by atoms with Gasteiger partial charge in [-0.1, -0.05) is 23.4 Å². The van der Waals surface area contributed by atoms with E-state index in [9.17, 15) is 4.79 Å². The number of carbonyl (C=O) groups is 1. The van der Waals surface area contributed by atoms with Gasteiger partial charge in [-0.15, -0.1) is 0 Å². The van der Waals surface area contributed by atoms with Gasteiger partial charge in [0.15, 0.2) is 11.7 Å². The zero-order valence-corrected chi connectivity index (χ0v) is 11.2. The molecule has 0 saturated heterocycles. The first-order valence-electron chi connectivity index (χ1n) is 5.73. The summed E-state index contributed by atoms with van der Waals surface area (Å²) in [5.41, 5.74) is 6.81. The molecule has 0 aliphatic rings. The van der Waals surface area contributed by atoms with Gasteiger partial charge < -0.3 is 16.0 Å². The second-order valence-electron chi connectivity index (χ2n) is 3.97. The Morgan fingerprint density at radius 1 is 1.45 bits per heavy atom. The molecule has 4 N–H and O–H groups in total. The van der Waals surface area contributed by atoms with Crippen LogP contribution in [0.1, 0.15) is 17.0 Å². The molecule has 1 heterocycles. The highest BCUT2D eigenvalue weighted by Gasteiger charge is 2.09. The summed E-state index contributed by atoms with van der Waals surface area (Å²) in [6.07, 6.45) is 0.381. The predicted molar refractivity (Wildman–Crippen MR) is 73.8 cm³/mol. The molecule has 0 aliphatic carbocycles. The lowest BCUT2D eigenvalue weighted by Gasteiger charge is -2.00. The molecular weight excluding hydrogens is 280 g/mol. The van der Waals surface area contributed by atoms with Crippen molar-refractivity contribution in [3.05, 3.63) is 34.8 Å². The van der Waals surface area contributed by atoms with E-state index in [1.807, 2.05) is 0 Å². The van der Waals surface area contributed by atoms with Gasteiger partial charge in [-0.25, -0.2) is 4.98 Å². The van der Waals surface area contributed by atoms with E-state index in [1.54, 1.807) is 24.3 Å². The van der Waals surface area contributed by atoms with Crippen molar-refractivity contribution in [1.82, 2.24) is 9.36 Å². The summed E-state index contributed by atoms with van der Waals surface area (Å²) in [5.74, 6) is -0.355. The molecule has 0 fully saturated rings. The molecule has 0 bridgehead atoms. The number of oxime groups is 1. The van der Waals surface area contributed by atoms with Gasteiger partial charge in [0.25, 0.3) is 0 Å². The third kappa shape index (κ3) is 3.29. The number of nitrogens with zero attached hydrogens (tertiary/aromatic N) is 3. The standard InChI is InChI=1S/C12H12N4O3S/c13-11(15-19)7-2-1-3-8(6-7)12-14-9(20-16-12)4-5-10(17)18/h1-3,6,19H,4-5H2,(H2,13,15)(H,17,18). The average molecular weight is 292 g/mol. The van der Waals surface area contributed by atoms with Crippen LogP contribution in [0.3, 0.4) is 0 Å². The fraction of sp³-hybridized carbons (Fsp3) is 0.167. The van der Waals surface area contributed by atoms with Crippen LogP contribution in [0.2, 0.25) is 0 Å². The fourth-order valence-electron chi connectivity index (χ4n) is 1.56. The molecular formula is C12H12N4O3S. The van der Waals surface area contributed by atoms with E-state index in [-0.39, 0.29) is 12.3 Å². The molecule has 0 aliphatic heterocycles. The van der Waals surface area contributed by atoms with Crippen LogP contribution in [0, 0.1) is 0 Å². The van der Waals surface area contributed by atoms with Gasteiger partial charge in [0, 0.05) is 17.5 Å². The Kier molecular flexibility index (Phi) is 4.26. The average Bonchev–Trinajstić information content (AvgIpc) is 2.93. The number of rotatable bonds is 5. The quantitative estimate of drug-likeness (QED) is 0.330. The Morgan fingerprint density at radius 3 is 2.95 bits per heavy atom. The van der Waals surface area contributed by atoms with Gasteiger partial charge in [-0.3, -0.25) is 4.79 Å². The minimum absolute atomic E-state index is 0.00757. The van der Waals surface area contributed by atoms with Crippen LogP contribution in [0.25, 0.3) is 11.4 Å². The highest BCUT2D eigenvalue weighted by Crippen LogP contribution is 2.20. The highest BCUT2D eigenvalue weighted by molar-refractivity contribution is 7.05. The summed E-state index contributed by atoms with van der Waals surface area (Å²) in [7, 11) is 0. The number of hydrogen-bond donors (Lipinski definition) is 3. The Labute approximate surface area is 118 Å². The summed E-state index contributed by atoms with van der Waals surface area (Å²) < 4.78 is 4.19. The first-order chi connectivity index (χ1) is 9.60. The largest absolute Gasteiger partial charge is 0.481 e. The Hall–Kier alpha value is -2.48. The van der Waals surface area contributed by atoms with E-state index in [2.05, 4.69) is 14.5 Å². The zero-order valence-electron chi connectivity index (χ0n) is 10.4. The van der Waals surface area contributed by atoms with Gasteiger partial charge in [0.1, 0.15) is 5.01 Å². The van der Waals surface area contributed by atoms with Crippen LogP contribution >= 0.6 is 11.5 Å². The molecule has 1 aromatic heterocycles. The number of hydrogen-bond acceptors (Lipinski definition) is 6. The zero-order chi connectivity index (χ0) is 14.5. The number of amidine groups is 1. The number of nitrogens with two attached hydrogens (primary N) is 1. The highest BCUT2D eigenvalue weighted by atomic mass is 32.1. The van der Waals surface area contributed by atoms with Gasteiger partial charge in [0.2, 0.25) is 0 Å². The van der Waals surface area contributed by atoms with Crippen LogP contribution in [0.4, 0.5) is 0 Å². The van der Waals surface area contributed by atoms with Crippen LogP contribution in [0.15, 0.2) is 29.4 Å². The second-order valence-corrected chi connectivity index (χ2v) is 4.81. The molecule has 0 unspecified atom stereocenters. The molecule has 0 atom stereocenters. The summed E-state index contributed by atoms with van der Waals surface area (Å²) in [6, 6.07) is 6.96. The van der Waals surface area contributed by atoms with Crippen LogP contribution in [-0.2, 0) is 11.2 Å². The molecule has 2 aromatic rings. The van der Waals surface area contributed by atoms with Crippen molar-refractivity contribution in [1.29, 1.82) is 0 Å². The molecule has 7 nitrogen and oxygen atoms in total. The van der Waals surface area contributed by atoms with E-state index in [0.717, 1.165) is 5.56 Å².